The van der Waals surface area contributed by atoms with Crippen molar-refractivity contribution in [2.45, 2.75) is 46.0 Å². The van der Waals surface area contributed by atoms with Gasteiger partial charge in [0, 0.05) is 48.9 Å². The summed E-state index contributed by atoms with van der Waals surface area (Å²) in [5.74, 6) is 1.71. The molecule has 0 saturated heterocycles. The second-order valence-electron chi connectivity index (χ2n) is 8.25. The monoisotopic (exact) mass is 496 g/mol. The summed E-state index contributed by atoms with van der Waals surface area (Å²) in [6.45, 7) is 10.4. The van der Waals surface area contributed by atoms with Gasteiger partial charge in [-0.15, -0.1) is 11.3 Å². The number of hydrogen-bond acceptors (Lipinski definition) is 7. The average molecular weight is 497 g/mol. The van der Waals surface area contributed by atoms with Crippen molar-refractivity contribution in [3.8, 4) is 10.4 Å². The standard InChI is InChI=1S/C12H13NS.C11H14N2.C3H9N.C2H8N2/c1-9(2)10-6-11(8-13-7-10)12-4-3-5-14-12;1-2-4-10(5-3-1)6-7-11-12-8-9-13-11;1-2-3-4;3-1-2-4/h3-9H,1-2H3;1-5H,6-9H2,(H,12,13);2-4H2,1H3;1-4H2. The molecule has 4 rings (SSSR count). The molecular formula is C28H44N6S. The van der Waals surface area contributed by atoms with E-state index in [0.29, 0.717) is 19.0 Å². The maximum absolute atomic E-state index is 5.03. The Balaban J connectivity index is 0.000000270. The first-order chi connectivity index (χ1) is 17.0. The molecule has 0 spiro atoms. The molecular weight excluding hydrogens is 452 g/mol. The molecule has 35 heavy (non-hydrogen) atoms. The van der Waals surface area contributed by atoms with Crippen LogP contribution in [-0.4, -0.2) is 43.5 Å². The first-order valence-corrected chi connectivity index (χ1v) is 13.3. The minimum atomic E-state index is 0.544. The maximum atomic E-state index is 5.03. The zero-order valence-electron chi connectivity index (χ0n) is 21.6. The summed E-state index contributed by atoms with van der Waals surface area (Å²) in [5.41, 5.74) is 18.8. The van der Waals surface area contributed by atoms with Gasteiger partial charge in [-0.05, 0) is 53.9 Å². The fourth-order valence-corrected chi connectivity index (χ4v) is 3.58. The van der Waals surface area contributed by atoms with Gasteiger partial charge in [-0.1, -0.05) is 57.2 Å². The summed E-state index contributed by atoms with van der Waals surface area (Å²) >= 11 is 1.76. The van der Waals surface area contributed by atoms with Crippen molar-refractivity contribution >= 4 is 17.2 Å². The van der Waals surface area contributed by atoms with E-state index in [2.05, 4.69) is 90.0 Å². The van der Waals surface area contributed by atoms with Crippen LogP contribution in [0.4, 0.5) is 0 Å². The number of aryl methyl sites for hydroxylation is 1. The SMILES string of the molecule is CC(C)c1cncc(-c2cccs2)c1.CCCN.NCCN.c1ccc(CCC2=NCCN2)cc1. The predicted octanol–water partition coefficient (Wildman–Crippen LogP) is 4.81. The molecule has 0 unspecified atom stereocenters. The van der Waals surface area contributed by atoms with E-state index in [4.69, 9.17) is 17.2 Å². The number of amidine groups is 1. The quantitative estimate of drug-likeness (QED) is 0.374. The second kappa shape index (κ2) is 19.7. The average Bonchev–Trinajstić information content (AvgIpc) is 3.64. The number of pyridine rings is 1. The van der Waals surface area contributed by atoms with E-state index in [9.17, 15) is 0 Å². The Hall–Kier alpha value is -2.58. The molecule has 0 radical (unpaired) electrons. The van der Waals surface area contributed by atoms with E-state index >= 15 is 0 Å². The lowest BCUT2D eigenvalue weighted by molar-refractivity contribution is 0.859. The van der Waals surface area contributed by atoms with Gasteiger partial charge < -0.3 is 22.5 Å². The van der Waals surface area contributed by atoms with Crippen molar-refractivity contribution in [2.75, 3.05) is 32.7 Å². The topological polar surface area (TPSA) is 115 Å². The van der Waals surface area contributed by atoms with E-state index in [1.807, 2.05) is 12.4 Å². The largest absolute Gasteiger partial charge is 0.372 e. The van der Waals surface area contributed by atoms with Crippen molar-refractivity contribution < 1.29 is 0 Å². The highest BCUT2D eigenvalue weighted by atomic mass is 32.1. The number of benzene rings is 1. The highest BCUT2D eigenvalue weighted by Crippen LogP contribution is 2.26. The van der Waals surface area contributed by atoms with Crippen LogP contribution >= 0.6 is 11.3 Å². The zero-order valence-corrected chi connectivity index (χ0v) is 22.4. The number of nitrogens with one attached hydrogen (secondary N) is 1. The van der Waals surface area contributed by atoms with Gasteiger partial charge in [0.25, 0.3) is 0 Å². The summed E-state index contributed by atoms with van der Waals surface area (Å²) in [4.78, 5) is 9.92. The van der Waals surface area contributed by atoms with Gasteiger partial charge in [-0.3, -0.25) is 9.98 Å². The van der Waals surface area contributed by atoms with E-state index in [-0.39, 0.29) is 0 Å². The highest BCUT2D eigenvalue weighted by molar-refractivity contribution is 7.13. The van der Waals surface area contributed by atoms with Crippen molar-refractivity contribution in [1.29, 1.82) is 0 Å². The Bertz CT molecular complexity index is 902. The zero-order chi connectivity index (χ0) is 25.7. The van der Waals surface area contributed by atoms with Crippen LogP contribution in [0.5, 0.6) is 0 Å². The van der Waals surface area contributed by atoms with E-state index in [0.717, 1.165) is 38.9 Å². The molecule has 1 aromatic carbocycles. The molecule has 6 nitrogen and oxygen atoms in total. The Morgan fingerprint density at radius 3 is 2.17 bits per heavy atom. The number of hydrogen-bond donors (Lipinski definition) is 4. The minimum Gasteiger partial charge on any atom is -0.372 e. The van der Waals surface area contributed by atoms with E-state index in [1.165, 1.54) is 27.4 Å². The van der Waals surface area contributed by atoms with Crippen molar-refractivity contribution in [1.82, 2.24) is 10.3 Å². The lowest BCUT2D eigenvalue weighted by Crippen LogP contribution is -2.18. The molecule has 0 aliphatic carbocycles. The normalized spacial score (nSPS) is 11.7. The fraction of sp³-hybridized carbons (Fsp3) is 0.429. The van der Waals surface area contributed by atoms with E-state index < -0.39 is 0 Å². The molecule has 0 amide bonds. The summed E-state index contributed by atoms with van der Waals surface area (Å²) in [7, 11) is 0. The van der Waals surface area contributed by atoms with Crippen LogP contribution in [0.3, 0.4) is 0 Å². The molecule has 3 heterocycles. The molecule has 192 valence electrons. The molecule has 7 heteroatoms. The minimum absolute atomic E-state index is 0.544. The molecule has 2 aromatic heterocycles. The summed E-state index contributed by atoms with van der Waals surface area (Å²) in [5, 5.41) is 5.37. The molecule has 3 aromatic rings. The number of rotatable bonds is 7. The van der Waals surface area contributed by atoms with Crippen molar-refractivity contribution in [3.63, 3.8) is 0 Å². The van der Waals surface area contributed by atoms with Crippen LogP contribution in [0, 0.1) is 0 Å². The molecule has 0 saturated carbocycles. The maximum Gasteiger partial charge on any atom is 0.0967 e. The van der Waals surface area contributed by atoms with Gasteiger partial charge in [0.15, 0.2) is 0 Å². The van der Waals surface area contributed by atoms with Gasteiger partial charge in [0.2, 0.25) is 0 Å². The van der Waals surface area contributed by atoms with Gasteiger partial charge in [0.1, 0.15) is 0 Å². The highest BCUT2D eigenvalue weighted by Gasteiger charge is 2.04. The number of nitrogens with zero attached hydrogens (tertiary/aromatic N) is 2. The first kappa shape index (κ1) is 30.5. The van der Waals surface area contributed by atoms with Crippen LogP contribution in [-0.2, 0) is 6.42 Å². The Morgan fingerprint density at radius 1 is 0.943 bits per heavy atom. The fourth-order valence-electron chi connectivity index (χ4n) is 2.87. The predicted molar refractivity (Wildman–Crippen MR) is 154 cm³/mol. The van der Waals surface area contributed by atoms with Gasteiger partial charge in [-0.2, -0.15) is 0 Å². The number of aliphatic imine (C=N–C) groups is 1. The first-order valence-electron chi connectivity index (χ1n) is 12.5. The molecule has 0 fully saturated rings. The number of aromatic nitrogens is 1. The third-order valence-corrected chi connectivity index (χ3v) is 5.84. The van der Waals surface area contributed by atoms with Gasteiger partial charge in [-0.25, -0.2) is 0 Å². The number of thiophene rings is 1. The molecule has 7 N–H and O–H groups in total. The van der Waals surface area contributed by atoms with Crippen molar-refractivity contribution in [2.24, 2.45) is 22.2 Å². The summed E-state index contributed by atoms with van der Waals surface area (Å²) in [6.07, 6.45) is 7.11. The second-order valence-corrected chi connectivity index (χ2v) is 9.19. The third-order valence-electron chi connectivity index (χ3n) is 4.92. The Labute approximate surface area is 216 Å². The molecule has 0 atom stereocenters. The smallest absolute Gasteiger partial charge is 0.0967 e. The van der Waals surface area contributed by atoms with Crippen LogP contribution < -0.4 is 22.5 Å². The van der Waals surface area contributed by atoms with Crippen LogP contribution in [0.25, 0.3) is 10.4 Å². The molecule has 0 bridgehead atoms. The summed E-state index contributed by atoms with van der Waals surface area (Å²) < 4.78 is 0. The Morgan fingerprint density at radius 2 is 1.66 bits per heavy atom. The summed E-state index contributed by atoms with van der Waals surface area (Å²) in [6, 6.07) is 17.0. The van der Waals surface area contributed by atoms with Gasteiger partial charge >= 0.3 is 0 Å². The van der Waals surface area contributed by atoms with E-state index in [1.54, 1.807) is 11.3 Å². The molecule has 1 aliphatic rings. The van der Waals surface area contributed by atoms with Crippen LogP contribution in [0.2, 0.25) is 0 Å². The van der Waals surface area contributed by atoms with Crippen LogP contribution in [0.15, 0.2) is 71.3 Å². The lowest BCUT2D eigenvalue weighted by Gasteiger charge is -2.05. The number of nitrogens with two attached hydrogens (primary N) is 3. The van der Waals surface area contributed by atoms with Crippen LogP contribution in [0.1, 0.15) is 50.7 Å². The van der Waals surface area contributed by atoms with Gasteiger partial charge in [0.05, 0.1) is 12.4 Å². The lowest BCUT2D eigenvalue weighted by atomic mass is 10.0. The van der Waals surface area contributed by atoms with Crippen molar-refractivity contribution in [3.05, 3.63) is 77.4 Å². The third kappa shape index (κ3) is 13.8. The molecule has 1 aliphatic heterocycles. The Kier molecular flexibility index (Phi) is 17.1.